The molecule has 1 fully saturated rings. The number of carbonyl (C=O) groups is 2. The summed E-state index contributed by atoms with van der Waals surface area (Å²) >= 11 is 1.28. The van der Waals surface area contributed by atoms with Crippen LogP contribution in [-0.2, 0) is 4.79 Å². The largest absolute Gasteiger partial charge is 0.306 e. The van der Waals surface area contributed by atoms with E-state index in [4.69, 9.17) is 0 Å². The van der Waals surface area contributed by atoms with Crippen LogP contribution in [0.15, 0.2) is 0 Å². The molecule has 0 aliphatic carbocycles. The SMILES string of the molecule is CC(=O)c1sc(N(C)C(=O)C2CCCN2)nc1C. The van der Waals surface area contributed by atoms with Gasteiger partial charge in [-0.3, -0.25) is 14.5 Å². The molecular weight excluding hydrogens is 250 g/mol. The van der Waals surface area contributed by atoms with Crippen molar-refractivity contribution in [2.24, 2.45) is 0 Å². The van der Waals surface area contributed by atoms with Crippen LogP contribution >= 0.6 is 11.3 Å². The monoisotopic (exact) mass is 267 g/mol. The highest BCUT2D eigenvalue weighted by molar-refractivity contribution is 7.17. The summed E-state index contributed by atoms with van der Waals surface area (Å²) in [5.74, 6) is 0.0208. The van der Waals surface area contributed by atoms with Crippen molar-refractivity contribution in [2.45, 2.75) is 32.7 Å². The third kappa shape index (κ3) is 2.44. The molecule has 5 nitrogen and oxygen atoms in total. The maximum Gasteiger partial charge on any atom is 0.245 e. The number of thiazole rings is 1. The molecular formula is C12H17N3O2S. The highest BCUT2D eigenvalue weighted by Crippen LogP contribution is 2.26. The van der Waals surface area contributed by atoms with E-state index in [0.29, 0.717) is 15.7 Å². The van der Waals surface area contributed by atoms with Gasteiger partial charge in [-0.15, -0.1) is 0 Å². The van der Waals surface area contributed by atoms with Crippen LogP contribution in [0.5, 0.6) is 0 Å². The molecule has 1 aliphatic heterocycles. The number of aromatic nitrogens is 1. The van der Waals surface area contributed by atoms with Gasteiger partial charge in [-0.05, 0) is 26.3 Å². The number of nitrogens with one attached hydrogen (secondary N) is 1. The molecule has 1 aromatic rings. The summed E-state index contributed by atoms with van der Waals surface area (Å²) in [5, 5.41) is 3.76. The Labute approximate surface area is 110 Å². The zero-order valence-corrected chi connectivity index (χ0v) is 11.6. The van der Waals surface area contributed by atoms with E-state index in [1.54, 1.807) is 18.9 Å². The first-order valence-corrected chi connectivity index (χ1v) is 6.81. The molecule has 0 radical (unpaired) electrons. The first kappa shape index (κ1) is 13.2. The van der Waals surface area contributed by atoms with Crippen molar-refractivity contribution >= 4 is 28.2 Å². The molecule has 1 amide bonds. The predicted molar refractivity (Wildman–Crippen MR) is 71.3 cm³/mol. The number of likely N-dealkylation sites (N-methyl/N-ethyl adjacent to an activating group) is 1. The molecule has 1 unspecified atom stereocenters. The van der Waals surface area contributed by atoms with Gasteiger partial charge >= 0.3 is 0 Å². The Hall–Kier alpha value is -1.27. The Bertz CT molecular complexity index is 478. The fraction of sp³-hybridized carbons (Fsp3) is 0.583. The number of hydrogen-bond donors (Lipinski definition) is 1. The predicted octanol–water partition coefficient (Wildman–Crippen LogP) is 1.37. The second kappa shape index (κ2) is 5.16. The summed E-state index contributed by atoms with van der Waals surface area (Å²) in [4.78, 5) is 30.0. The van der Waals surface area contributed by atoms with E-state index in [-0.39, 0.29) is 17.7 Å². The average molecular weight is 267 g/mol. The molecule has 1 saturated heterocycles. The lowest BCUT2D eigenvalue weighted by Crippen LogP contribution is -2.41. The van der Waals surface area contributed by atoms with Crippen molar-refractivity contribution < 1.29 is 9.59 Å². The highest BCUT2D eigenvalue weighted by Gasteiger charge is 2.27. The topological polar surface area (TPSA) is 62.3 Å². The van der Waals surface area contributed by atoms with Gasteiger partial charge in [-0.1, -0.05) is 11.3 Å². The minimum absolute atomic E-state index is 0.00362. The van der Waals surface area contributed by atoms with Gasteiger partial charge in [0, 0.05) is 14.0 Å². The van der Waals surface area contributed by atoms with Gasteiger partial charge in [0.25, 0.3) is 0 Å². The molecule has 0 bridgehead atoms. The second-order valence-corrected chi connectivity index (χ2v) is 5.49. The van der Waals surface area contributed by atoms with E-state index in [1.807, 2.05) is 0 Å². The summed E-state index contributed by atoms with van der Waals surface area (Å²) in [5.41, 5.74) is 0.696. The smallest absolute Gasteiger partial charge is 0.245 e. The first-order chi connectivity index (χ1) is 8.50. The number of Topliss-reactive ketones (excluding diaryl/α,β-unsaturated/α-hetero) is 1. The van der Waals surface area contributed by atoms with E-state index in [2.05, 4.69) is 10.3 Å². The molecule has 1 aromatic heterocycles. The number of anilines is 1. The molecule has 6 heteroatoms. The van der Waals surface area contributed by atoms with Crippen LogP contribution in [0.4, 0.5) is 5.13 Å². The Morgan fingerprint density at radius 3 is 2.72 bits per heavy atom. The van der Waals surface area contributed by atoms with Gasteiger partial charge in [-0.25, -0.2) is 4.98 Å². The van der Waals surface area contributed by atoms with Crippen LogP contribution in [0.1, 0.15) is 35.1 Å². The Morgan fingerprint density at radius 1 is 1.50 bits per heavy atom. The van der Waals surface area contributed by atoms with Crippen molar-refractivity contribution in [1.82, 2.24) is 10.3 Å². The summed E-state index contributed by atoms with van der Waals surface area (Å²) < 4.78 is 0. The number of nitrogens with zero attached hydrogens (tertiary/aromatic N) is 2. The van der Waals surface area contributed by atoms with Gasteiger partial charge in [0.2, 0.25) is 5.91 Å². The van der Waals surface area contributed by atoms with Gasteiger partial charge in [0.1, 0.15) is 0 Å². The fourth-order valence-electron chi connectivity index (χ4n) is 2.08. The summed E-state index contributed by atoms with van der Waals surface area (Å²) in [6.45, 7) is 4.20. The maximum atomic E-state index is 12.2. The van der Waals surface area contributed by atoms with Crippen molar-refractivity contribution in [2.75, 3.05) is 18.5 Å². The van der Waals surface area contributed by atoms with E-state index >= 15 is 0 Å². The Morgan fingerprint density at radius 2 is 2.22 bits per heavy atom. The van der Waals surface area contributed by atoms with Crippen molar-refractivity contribution in [1.29, 1.82) is 0 Å². The summed E-state index contributed by atoms with van der Waals surface area (Å²) in [7, 11) is 1.71. The molecule has 0 spiro atoms. The van der Waals surface area contributed by atoms with Gasteiger partial charge in [0.05, 0.1) is 16.6 Å². The van der Waals surface area contributed by atoms with Gasteiger partial charge in [0.15, 0.2) is 10.9 Å². The van der Waals surface area contributed by atoms with E-state index in [0.717, 1.165) is 19.4 Å². The van der Waals surface area contributed by atoms with Crippen LogP contribution in [0, 0.1) is 6.92 Å². The van der Waals surface area contributed by atoms with E-state index < -0.39 is 0 Å². The quantitative estimate of drug-likeness (QED) is 0.840. The molecule has 98 valence electrons. The maximum absolute atomic E-state index is 12.2. The third-order valence-corrected chi connectivity index (χ3v) is 4.42. The molecule has 18 heavy (non-hydrogen) atoms. The zero-order valence-electron chi connectivity index (χ0n) is 10.8. The lowest BCUT2D eigenvalue weighted by molar-refractivity contribution is -0.119. The number of rotatable bonds is 3. The number of ketones is 1. The summed E-state index contributed by atoms with van der Waals surface area (Å²) in [6, 6.07) is -0.111. The molecule has 0 aromatic carbocycles. The van der Waals surface area contributed by atoms with Crippen LogP contribution in [-0.4, -0.2) is 36.3 Å². The Balaban J connectivity index is 2.17. The third-order valence-electron chi connectivity index (χ3n) is 3.08. The van der Waals surface area contributed by atoms with Crippen molar-refractivity contribution in [3.63, 3.8) is 0 Å². The number of carbonyl (C=O) groups excluding carboxylic acids is 2. The van der Waals surface area contributed by atoms with Crippen molar-refractivity contribution in [3.05, 3.63) is 10.6 Å². The average Bonchev–Trinajstić information content (AvgIpc) is 2.95. The first-order valence-electron chi connectivity index (χ1n) is 6.00. The molecule has 2 heterocycles. The number of amides is 1. The Kier molecular flexibility index (Phi) is 3.77. The van der Waals surface area contributed by atoms with Crippen LogP contribution in [0.2, 0.25) is 0 Å². The van der Waals surface area contributed by atoms with Gasteiger partial charge < -0.3 is 5.32 Å². The normalized spacial score (nSPS) is 18.9. The zero-order chi connectivity index (χ0) is 13.3. The van der Waals surface area contributed by atoms with Crippen molar-refractivity contribution in [3.8, 4) is 0 Å². The minimum Gasteiger partial charge on any atom is -0.306 e. The van der Waals surface area contributed by atoms with Crippen LogP contribution < -0.4 is 10.2 Å². The minimum atomic E-state index is -0.111. The molecule has 1 aliphatic rings. The lowest BCUT2D eigenvalue weighted by atomic mass is 10.2. The highest BCUT2D eigenvalue weighted by atomic mass is 32.1. The fourth-order valence-corrected chi connectivity index (χ4v) is 3.00. The molecule has 0 saturated carbocycles. The molecule has 2 rings (SSSR count). The van der Waals surface area contributed by atoms with E-state index in [1.165, 1.54) is 18.3 Å². The number of hydrogen-bond acceptors (Lipinski definition) is 5. The standard InChI is InChI=1S/C12H17N3O2S/c1-7-10(8(2)16)18-12(14-7)15(3)11(17)9-5-4-6-13-9/h9,13H,4-6H2,1-3H3. The molecule has 1 atom stereocenters. The van der Waals surface area contributed by atoms with Crippen LogP contribution in [0.25, 0.3) is 0 Å². The second-order valence-electron chi connectivity index (χ2n) is 4.51. The molecule has 1 N–H and O–H groups in total. The number of aryl methyl sites for hydroxylation is 1. The lowest BCUT2D eigenvalue weighted by Gasteiger charge is -2.18. The summed E-state index contributed by atoms with van der Waals surface area (Å²) in [6.07, 6.45) is 1.90. The van der Waals surface area contributed by atoms with Gasteiger partial charge in [-0.2, -0.15) is 0 Å². The van der Waals surface area contributed by atoms with Crippen LogP contribution in [0.3, 0.4) is 0 Å². The van der Waals surface area contributed by atoms with E-state index in [9.17, 15) is 9.59 Å².